The summed E-state index contributed by atoms with van der Waals surface area (Å²) in [5.74, 6) is -0.487. The van der Waals surface area contributed by atoms with Gasteiger partial charge in [-0.3, -0.25) is 4.79 Å². The molecule has 0 radical (unpaired) electrons. The molecule has 1 heterocycles. The molecule has 0 atom stereocenters. The summed E-state index contributed by atoms with van der Waals surface area (Å²) >= 11 is 0. The lowest BCUT2D eigenvalue weighted by Gasteiger charge is -2.38. The van der Waals surface area contributed by atoms with E-state index in [2.05, 4.69) is 5.32 Å². The summed E-state index contributed by atoms with van der Waals surface area (Å²) < 4.78 is 30.4. The van der Waals surface area contributed by atoms with E-state index in [4.69, 9.17) is 4.74 Å². The van der Waals surface area contributed by atoms with Gasteiger partial charge in [0.1, 0.15) is 5.75 Å². The minimum Gasteiger partial charge on any atom is -0.425 e. The summed E-state index contributed by atoms with van der Waals surface area (Å²) in [5.41, 5.74) is 2.51. The molecular formula is C21H21NO5S. The van der Waals surface area contributed by atoms with E-state index in [-0.39, 0.29) is 23.6 Å². The van der Waals surface area contributed by atoms with Crippen molar-refractivity contribution in [1.82, 2.24) is 0 Å². The van der Waals surface area contributed by atoms with Crippen LogP contribution in [0.5, 0.6) is 5.75 Å². The molecule has 1 saturated carbocycles. The highest BCUT2D eigenvalue weighted by Crippen LogP contribution is 2.44. The highest BCUT2D eigenvalue weighted by Gasteiger charge is 2.57. The van der Waals surface area contributed by atoms with E-state index >= 15 is 0 Å². The Balaban J connectivity index is 1.61. The Kier molecular flexibility index (Phi) is 4.50. The number of rotatable bonds is 4. The second-order valence-electron chi connectivity index (χ2n) is 7.42. The van der Waals surface area contributed by atoms with E-state index in [1.165, 1.54) is 0 Å². The highest BCUT2D eigenvalue weighted by molar-refractivity contribution is 7.93. The number of benzene rings is 2. The van der Waals surface area contributed by atoms with Crippen LogP contribution in [-0.2, 0) is 25.8 Å². The number of ether oxygens (including phenoxy) is 1. The number of nitrogens with one attached hydrogen (secondary N) is 1. The largest absolute Gasteiger partial charge is 0.425 e. The normalized spacial score (nSPS) is 17.8. The van der Waals surface area contributed by atoms with Crippen molar-refractivity contribution in [3.63, 3.8) is 0 Å². The molecule has 28 heavy (non-hydrogen) atoms. The van der Waals surface area contributed by atoms with Crippen molar-refractivity contribution in [3.05, 3.63) is 53.6 Å². The smallest absolute Gasteiger partial charge is 0.333 e. The van der Waals surface area contributed by atoms with Gasteiger partial charge in [-0.25, -0.2) is 13.2 Å². The third kappa shape index (κ3) is 2.99. The van der Waals surface area contributed by atoms with Gasteiger partial charge in [0.15, 0.2) is 14.6 Å². The molecule has 2 aromatic carbocycles. The molecule has 1 N–H and O–H groups in total. The summed E-state index contributed by atoms with van der Waals surface area (Å²) in [7, 11) is -3.86. The number of esters is 1. The number of fused-ring (bicyclic) bond motifs is 1. The number of hydrogen-bond acceptors (Lipinski definition) is 5. The van der Waals surface area contributed by atoms with Gasteiger partial charge in [-0.05, 0) is 68.5 Å². The molecule has 2 aliphatic rings. The SMILES string of the molecule is Cc1ccc(S(=O)(=O)C2(C(=O)Oc3ccc4c(c3)CCC(=O)N4)CCC2)cc1. The fourth-order valence-electron chi connectivity index (χ4n) is 3.65. The number of sulfone groups is 1. The highest BCUT2D eigenvalue weighted by atomic mass is 32.2. The molecule has 1 aliphatic carbocycles. The molecule has 1 amide bonds. The van der Waals surface area contributed by atoms with Gasteiger partial charge in [0.05, 0.1) is 4.90 Å². The number of carbonyl (C=O) groups excluding carboxylic acids is 2. The monoisotopic (exact) mass is 399 g/mol. The predicted octanol–water partition coefficient (Wildman–Crippen LogP) is 3.18. The predicted molar refractivity (Wildman–Crippen MR) is 104 cm³/mol. The average Bonchev–Trinajstić information content (AvgIpc) is 2.61. The quantitative estimate of drug-likeness (QED) is 0.630. The van der Waals surface area contributed by atoms with Crippen molar-refractivity contribution in [2.75, 3.05) is 5.32 Å². The van der Waals surface area contributed by atoms with Crippen molar-refractivity contribution >= 4 is 27.4 Å². The van der Waals surface area contributed by atoms with Crippen LogP contribution in [0.2, 0.25) is 0 Å². The van der Waals surface area contributed by atoms with Crippen molar-refractivity contribution < 1.29 is 22.7 Å². The Bertz CT molecular complexity index is 1050. The topological polar surface area (TPSA) is 89.5 Å². The van der Waals surface area contributed by atoms with Crippen LogP contribution in [0.4, 0.5) is 5.69 Å². The Morgan fingerprint density at radius 3 is 2.43 bits per heavy atom. The molecule has 4 rings (SSSR count). The molecule has 6 nitrogen and oxygen atoms in total. The molecule has 146 valence electrons. The van der Waals surface area contributed by atoms with Gasteiger partial charge in [-0.15, -0.1) is 0 Å². The standard InChI is InChI=1S/C21H21NO5S/c1-14-3-7-17(8-4-14)28(25,26)21(11-2-12-21)20(24)27-16-6-9-18-15(13-16)5-10-19(23)22-18/h3-4,6-9,13H,2,5,10-12H2,1H3,(H,22,23). The van der Waals surface area contributed by atoms with Crippen LogP contribution in [0.3, 0.4) is 0 Å². The fraction of sp³-hybridized carbons (Fsp3) is 0.333. The average molecular weight is 399 g/mol. The van der Waals surface area contributed by atoms with Crippen LogP contribution < -0.4 is 10.1 Å². The third-order valence-electron chi connectivity index (χ3n) is 5.56. The number of hydrogen-bond donors (Lipinski definition) is 1. The Hall–Kier alpha value is -2.67. The maximum Gasteiger partial charge on any atom is 0.333 e. The van der Waals surface area contributed by atoms with Gasteiger partial charge in [-0.1, -0.05) is 17.7 Å². The van der Waals surface area contributed by atoms with Gasteiger partial charge >= 0.3 is 5.97 Å². The van der Waals surface area contributed by atoms with Crippen LogP contribution in [0, 0.1) is 6.92 Å². The molecule has 1 fully saturated rings. The minimum absolute atomic E-state index is 0.0464. The van der Waals surface area contributed by atoms with E-state index in [0.717, 1.165) is 11.1 Å². The molecule has 0 bridgehead atoms. The van der Waals surface area contributed by atoms with E-state index in [1.54, 1.807) is 42.5 Å². The fourth-order valence-corrected chi connectivity index (χ4v) is 5.68. The first-order valence-electron chi connectivity index (χ1n) is 9.28. The van der Waals surface area contributed by atoms with Crippen LogP contribution in [0.25, 0.3) is 0 Å². The third-order valence-corrected chi connectivity index (χ3v) is 8.06. The number of amides is 1. The van der Waals surface area contributed by atoms with Gasteiger partial charge in [-0.2, -0.15) is 0 Å². The van der Waals surface area contributed by atoms with Gasteiger partial charge in [0.2, 0.25) is 5.91 Å². The minimum atomic E-state index is -3.86. The zero-order valence-electron chi connectivity index (χ0n) is 15.5. The van der Waals surface area contributed by atoms with Crippen molar-refractivity contribution in [3.8, 4) is 5.75 Å². The summed E-state index contributed by atoms with van der Waals surface area (Å²) in [4.78, 5) is 24.6. The van der Waals surface area contributed by atoms with E-state index in [0.29, 0.717) is 30.7 Å². The van der Waals surface area contributed by atoms with Crippen LogP contribution in [-0.4, -0.2) is 25.0 Å². The Labute approximate surface area is 163 Å². The van der Waals surface area contributed by atoms with Gasteiger partial charge < -0.3 is 10.1 Å². The van der Waals surface area contributed by atoms with Gasteiger partial charge in [0, 0.05) is 12.1 Å². The second-order valence-corrected chi connectivity index (χ2v) is 9.68. The summed E-state index contributed by atoms with van der Waals surface area (Å²) in [5, 5.41) is 2.77. The molecule has 2 aromatic rings. The number of carbonyl (C=O) groups is 2. The Morgan fingerprint density at radius 2 is 1.79 bits per heavy atom. The molecule has 0 saturated heterocycles. The lowest BCUT2D eigenvalue weighted by atomic mass is 9.84. The van der Waals surface area contributed by atoms with Crippen molar-refractivity contribution in [1.29, 1.82) is 0 Å². The Morgan fingerprint density at radius 1 is 1.07 bits per heavy atom. The molecule has 0 aromatic heterocycles. The van der Waals surface area contributed by atoms with Crippen LogP contribution >= 0.6 is 0 Å². The maximum absolute atomic E-state index is 13.2. The molecule has 0 unspecified atom stereocenters. The van der Waals surface area contributed by atoms with E-state index < -0.39 is 20.6 Å². The first-order chi connectivity index (χ1) is 13.3. The van der Waals surface area contributed by atoms with E-state index in [1.807, 2.05) is 6.92 Å². The summed E-state index contributed by atoms with van der Waals surface area (Å²) in [6.07, 6.45) is 2.10. The van der Waals surface area contributed by atoms with Crippen molar-refractivity contribution in [2.45, 2.75) is 48.7 Å². The molecule has 0 spiro atoms. The number of anilines is 1. The molecular weight excluding hydrogens is 378 g/mol. The first kappa shape index (κ1) is 18.7. The lowest BCUT2D eigenvalue weighted by molar-refractivity contribution is -0.139. The zero-order valence-corrected chi connectivity index (χ0v) is 16.3. The second kappa shape index (κ2) is 6.74. The number of aryl methyl sites for hydroxylation is 2. The lowest BCUT2D eigenvalue weighted by Crippen LogP contribution is -2.54. The van der Waals surface area contributed by atoms with Crippen molar-refractivity contribution in [2.24, 2.45) is 0 Å². The summed E-state index contributed by atoms with van der Waals surface area (Å²) in [6, 6.07) is 11.5. The van der Waals surface area contributed by atoms with Gasteiger partial charge in [0.25, 0.3) is 0 Å². The maximum atomic E-state index is 13.2. The van der Waals surface area contributed by atoms with Crippen LogP contribution in [0.1, 0.15) is 36.8 Å². The first-order valence-corrected chi connectivity index (χ1v) is 10.8. The molecule has 7 heteroatoms. The molecule has 1 aliphatic heterocycles. The zero-order chi connectivity index (χ0) is 19.9. The van der Waals surface area contributed by atoms with Crippen LogP contribution in [0.15, 0.2) is 47.4 Å². The summed E-state index contributed by atoms with van der Waals surface area (Å²) in [6.45, 7) is 1.88. The van der Waals surface area contributed by atoms with E-state index in [9.17, 15) is 18.0 Å².